The number of rotatable bonds is 8. The summed E-state index contributed by atoms with van der Waals surface area (Å²) in [4.78, 5) is 0.158. The summed E-state index contributed by atoms with van der Waals surface area (Å²) >= 11 is 6.11. The predicted molar refractivity (Wildman–Crippen MR) is 80.5 cm³/mol. The summed E-state index contributed by atoms with van der Waals surface area (Å²) in [7, 11) is -2.05. The smallest absolute Gasteiger partial charge is 0.240 e. The Labute approximate surface area is 125 Å². The van der Waals surface area contributed by atoms with Crippen LogP contribution in [0.2, 0.25) is 5.02 Å². The average molecular weight is 321 g/mol. The van der Waals surface area contributed by atoms with Gasteiger partial charge in [-0.05, 0) is 31.2 Å². The third-order valence-corrected chi connectivity index (χ3v) is 4.61. The minimum atomic E-state index is -3.58. The van der Waals surface area contributed by atoms with Crippen LogP contribution in [0.5, 0.6) is 0 Å². The molecule has 0 aliphatic carbocycles. The number of nitrogens with one attached hydrogen (secondary N) is 2. The molecule has 0 amide bonds. The molecule has 1 atom stereocenters. The summed E-state index contributed by atoms with van der Waals surface area (Å²) < 4.78 is 31.8. The molecule has 20 heavy (non-hydrogen) atoms. The van der Waals surface area contributed by atoms with Gasteiger partial charge in [0.15, 0.2) is 0 Å². The van der Waals surface area contributed by atoms with Crippen LogP contribution >= 0.6 is 11.6 Å². The van der Waals surface area contributed by atoms with Gasteiger partial charge in [0.05, 0.1) is 11.5 Å². The first-order valence-corrected chi connectivity index (χ1v) is 8.27. The van der Waals surface area contributed by atoms with Crippen LogP contribution in [0, 0.1) is 0 Å². The molecule has 0 spiro atoms. The minimum Gasteiger partial charge on any atom is -0.383 e. The third kappa shape index (κ3) is 5.03. The SMILES string of the molecule is CCNCc1ccc(S(=O)(=O)NC(C)COC)cc1Cl. The second kappa shape index (κ2) is 7.95. The zero-order valence-electron chi connectivity index (χ0n) is 11.9. The molecule has 0 aliphatic heterocycles. The van der Waals surface area contributed by atoms with Crippen LogP contribution < -0.4 is 10.0 Å². The van der Waals surface area contributed by atoms with Crippen molar-refractivity contribution in [2.24, 2.45) is 0 Å². The Morgan fingerprint density at radius 3 is 2.65 bits per heavy atom. The number of methoxy groups -OCH3 is 1. The molecule has 0 heterocycles. The average Bonchev–Trinajstić information content (AvgIpc) is 2.36. The first-order chi connectivity index (χ1) is 9.40. The fraction of sp³-hybridized carbons (Fsp3) is 0.538. The highest BCUT2D eigenvalue weighted by Gasteiger charge is 2.18. The highest BCUT2D eigenvalue weighted by molar-refractivity contribution is 7.89. The van der Waals surface area contributed by atoms with Crippen molar-refractivity contribution in [3.63, 3.8) is 0 Å². The predicted octanol–water partition coefficient (Wildman–Crippen LogP) is 1.76. The lowest BCUT2D eigenvalue weighted by molar-refractivity contribution is 0.180. The van der Waals surface area contributed by atoms with Crippen molar-refractivity contribution in [2.75, 3.05) is 20.3 Å². The molecule has 1 rings (SSSR count). The maximum absolute atomic E-state index is 12.2. The summed E-state index contributed by atoms with van der Waals surface area (Å²) in [5, 5.41) is 3.58. The monoisotopic (exact) mass is 320 g/mol. The third-order valence-electron chi connectivity index (χ3n) is 2.67. The van der Waals surface area contributed by atoms with Gasteiger partial charge in [0.1, 0.15) is 0 Å². The van der Waals surface area contributed by atoms with E-state index < -0.39 is 10.0 Å². The van der Waals surface area contributed by atoms with E-state index in [1.165, 1.54) is 13.2 Å². The van der Waals surface area contributed by atoms with Gasteiger partial charge in [-0.3, -0.25) is 0 Å². The highest BCUT2D eigenvalue weighted by atomic mass is 35.5. The molecule has 0 fully saturated rings. The van der Waals surface area contributed by atoms with Gasteiger partial charge in [-0.2, -0.15) is 0 Å². The first-order valence-electron chi connectivity index (χ1n) is 6.41. The van der Waals surface area contributed by atoms with Crippen LogP contribution in [0.25, 0.3) is 0 Å². The summed E-state index contributed by atoms with van der Waals surface area (Å²) in [6.45, 7) is 5.48. The lowest BCUT2D eigenvalue weighted by Crippen LogP contribution is -2.35. The van der Waals surface area contributed by atoms with E-state index in [1.807, 2.05) is 6.92 Å². The fourth-order valence-corrected chi connectivity index (χ4v) is 3.28. The van der Waals surface area contributed by atoms with Gasteiger partial charge >= 0.3 is 0 Å². The van der Waals surface area contributed by atoms with Gasteiger partial charge in [0.25, 0.3) is 0 Å². The van der Waals surface area contributed by atoms with Crippen molar-refractivity contribution in [1.29, 1.82) is 0 Å². The molecule has 0 radical (unpaired) electrons. The summed E-state index contributed by atoms with van der Waals surface area (Å²) in [5.41, 5.74) is 0.873. The Bertz CT molecular complexity index is 534. The van der Waals surface area contributed by atoms with E-state index in [-0.39, 0.29) is 10.9 Å². The molecule has 2 N–H and O–H groups in total. The second-order valence-corrected chi connectivity index (χ2v) is 6.63. The molecule has 1 aromatic rings. The van der Waals surface area contributed by atoms with Crippen LogP contribution in [0.4, 0.5) is 0 Å². The van der Waals surface area contributed by atoms with Crippen molar-refractivity contribution in [3.05, 3.63) is 28.8 Å². The lowest BCUT2D eigenvalue weighted by Gasteiger charge is -2.14. The zero-order chi connectivity index (χ0) is 15.2. The lowest BCUT2D eigenvalue weighted by atomic mass is 10.2. The molecule has 114 valence electrons. The van der Waals surface area contributed by atoms with Gasteiger partial charge in [0.2, 0.25) is 10.0 Å². The van der Waals surface area contributed by atoms with Gasteiger partial charge < -0.3 is 10.1 Å². The Kier molecular flexibility index (Phi) is 6.91. The molecule has 1 aromatic carbocycles. The van der Waals surface area contributed by atoms with Crippen LogP contribution in [0.1, 0.15) is 19.4 Å². The van der Waals surface area contributed by atoms with Gasteiger partial charge in [-0.1, -0.05) is 24.6 Å². The number of benzene rings is 1. The van der Waals surface area contributed by atoms with Gasteiger partial charge in [0, 0.05) is 24.7 Å². The summed E-state index contributed by atoms with van der Waals surface area (Å²) in [6.07, 6.45) is 0. The van der Waals surface area contributed by atoms with E-state index in [0.717, 1.165) is 12.1 Å². The van der Waals surface area contributed by atoms with E-state index in [4.69, 9.17) is 16.3 Å². The largest absolute Gasteiger partial charge is 0.383 e. The Balaban J connectivity index is 2.88. The summed E-state index contributed by atoms with van der Waals surface area (Å²) in [6, 6.07) is 4.45. The number of ether oxygens (including phenoxy) is 1. The van der Waals surface area contributed by atoms with Crippen molar-refractivity contribution < 1.29 is 13.2 Å². The van der Waals surface area contributed by atoms with Crippen molar-refractivity contribution in [2.45, 2.75) is 31.3 Å². The molecule has 0 bridgehead atoms. The van der Waals surface area contributed by atoms with Crippen molar-refractivity contribution in [3.8, 4) is 0 Å². The molecule has 0 saturated heterocycles. The number of hydrogen-bond donors (Lipinski definition) is 2. The fourth-order valence-electron chi connectivity index (χ4n) is 1.72. The number of halogens is 1. The van der Waals surface area contributed by atoms with E-state index in [0.29, 0.717) is 18.2 Å². The normalized spacial score (nSPS) is 13.4. The highest BCUT2D eigenvalue weighted by Crippen LogP contribution is 2.21. The van der Waals surface area contributed by atoms with E-state index in [1.54, 1.807) is 19.1 Å². The van der Waals surface area contributed by atoms with Crippen LogP contribution in [0.3, 0.4) is 0 Å². The van der Waals surface area contributed by atoms with Crippen LogP contribution in [-0.4, -0.2) is 34.7 Å². The van der Waals surface area contributed by atoms with E-state index in [9.17, 15) is 8.42 Å². The van der Waals surface area contributed by atoms with Crippen LogP contribution in [-0.2, 0) is 21.3 Å². The summed E-state index contributed by atoms with van der Waals surface area (Å²) in [5.74, 6) is 0. The van der Waals surface area contributed by atoms with Gasteiger partial charge in [-0.25, -0.2) is 13.1 Å². The van der Waals surface area contributed by atoms with Crippen molar-refractivity contribution >= 4 is 21.6 Å². The molecular formula is C13H21ClN2O3S. The van der Waals surface area contributed by atoms with Crippen molar-refractivity contribution in [1.82, 2.24) is 10.0 Å². The molecule has 0 aromatic heterocycles. The van der Waals surface area contributed by atoms with Gasteiger partial charge in [-0.15, -0.1) is 0 Å². The maximum Gasteiger partial charge on any atom is 0.240 e. The second-order valence-electron chi connectivity index (χ2n) is 4.51. The van der Waals surface area contributed by atoms with E-state index in [2.05, 4.69) is 10.0 Å². The molecule has 0 aliphatic rings. The Morgan fingerprint density at radius 2 is 2.10 bits per heavy atom. The molecule has 0 saturated carbocycles. The number of sulfonamides is 1. The molecule has 1 unspecified atom stereocenters. The van der Waals surface area contributed by atoms with E-state index >= 15 is 0 Å². The topological polar surface area (TPSA) is 67.4 Å². The Morgan fingerprint density at radius 1 is 1.40 bits per heavy atom. The Hall–Kier alpha value is -0.660. The first kappa shape index (κ1) is 17.4. The van der Waals surface area contributed by atoms with Crippen LogP contribution in [0.15, 0.2) is 23.1 Å². The molecule has 7 heteroatoms. The molecular weight excluding hydrogens is 300 g/mol. The maximum atomic E-state index is 12.2. The molecule has 5 nitrogen and oxygen atoms in total. The minimum absolute atomic E-state index is 0.158. The zero-order valence-corrected chi connectivity index (χ0v) is 13.5. The quantitative estimate of drug-likeness (QED) is 0.766. The number of hydrogen-bond acceptors (Lipinski definition) is 4. The standard InChI is InChI=1S/C13H21ClN2O3S/c1-4-15-8-11-5-6-12(7-13(11)14)20(17,18)16-10(2)9-19-3/h5-7,10,15-16H,4,8-9H2,1-3H3.